The van der Waals surface area contributed by atoms with Crippen molar-refractivity contribution in [1.29, 1.82) is 0 Å². The van der Waals surface area contributed by atoms with Crippen LogP contribution in [-0.2, 0) is 33.3 Å². The number of carbonyl (C=O) groups is 3. The molecular formula is C22H32O7. The summed E-state index contributed by atoms with van der Waals surface area (Å²) in [5, 5.41) is 0. The molecule has 0 unspecified atom stereocenters. The molecule has 0 aromatic rings. The Hall–Kier alpha value is -2.15. The van der Waals surface area contributed by atoms with Crippen molar-refractivity contribution in [1.82, 2.24) is 0 Å². The molecule has 0 spiro atoms. The quantitative estimate of drug-likeness (QED) is 0.276. The van der Waals surface area contributed by atoms with Crippen LogP contribution in [0.3, 0.4) is 0 Å². The summed E-state index contributed by atoms with van der Waals surface area (Å²) < 4.78 is 22.0. The van der Waals surface area contributed by atoms with Crippen molar-refractivity contribution < 1.29 is 33.3 Å². The van der Waals surface area contributed by atoms with Crippen molar-refractivity contribution in [2.75, 3.05) is 13.7 Å². The van der Waals surface area contributed by atoms with Crippen molar-refractivity contribution in [2.24, 2.45) is 5.92 Å². The van der Waals surface area contributed by atoms with E-state index in [4.69, 9.17) is 18.9 Å². The number of ether oxygens (including phenoxy) is 4. The van der Waals surface area contributed by atoms with Crippen LogP contribution in [-0.4, -0.2) is 49.4 Å². The molecule has 162 valence electrons. The molecule has 29 heavy (non-hydrogen) atoms. The minimum absolute atomic E-state index is 0.0224. The summed E-state index contributed by atoms with van der Waals surface area (Å²) in [5.41, 5.74) is 0.622. The van der Waals surface area contributed by atoms with E-state index in [-0.39, 0.29) is 30.6 Å². The zero-order chi connectivity index (χ0) is 21.6. The fourth-order valence-corrected chi connectivity index (χ4v) is 3.80. The normalized spacial score (nSPS) is 30.8. The first-order valence-electron chi connectivity index (χ1n) is 10.2. The molecule has 4 atom stereocenters. The lowest BCUT2D eigenvalue weighted by Gasteiger charge is -2.29. The summed E-state index contributed by atoms with van der Waals surface area (Å²) in [6.45, 7) is 9.25. The number of epoxide rings is 1. The van der Waals surface area contributed by atoms with Crippen LogP contribution in [0, 0.1) is 5.92 Å². The first kappa shape index (κ1) is 23.1. The van der Waals surface area contributed by atoms with Crippen molar-refractivity contribution in [3.8, 4) is 0 Å². The van der Waals surface area contributed by atoms with Gasteiger partial charge in [0, 0.05) is 18.9 Å². The summed E-state index contributed by atoms with van der Waals surface area (Å²) in [6.07, 6.45) is 4.12. The van der Waals surface area contributed by atoms with Crippen molar-refractivity contribution in [2.45, 2.75) is 77.1 Å². The highest BCUT2D eigenvalue weighted by atomic mass is 16.7. The topological polar surface area (TPSA) is 91.4 Å². The van der Waals surface area contributed by atoms with Gasteiger partial charge in [-0.15, -0.1) is 0 Å². The number of allylic oxidation sites excluding steroid dienone is 2. The molecule has 0 N–H and O–H groups in total. The third kappa shape index (κ3) is 5.92. The molecule has 1 heterocycles. The number of fused-ring (bicyclic) bond motifs is 1. The van der Waals surface area contributed by atoms with E-state index in [0.29, 0.717) is 44.1 Å². The van der Waals surface area contributed by atoms with Gasteiger partial charge in [0.05, 0.1) is 13.2 Å². The van der Waals surface area contributed by atoms with Gasteiger partial charge in [0.1, 0.15) is 12.7 Å². The molecule has 0 saturated carbocycles. The van der Waals surface area contributed by atoms with Crippen LogP contribution in [0.2, 0.25) is 0 Å². The van der Waals surface area contributed by atoms with E-state index in [9.17, 15) is 14.4 Å². The molecule has 0 aromatic heterocycles. The van der Waals surface area contributed by atoms with Crippen LogP contribution in [0.5, 0.6) is 0 Å². The summed E-state index contributed by atoms with van der Waals surface area (Å²) in [7, 11) is 1.36. The molecular weight excluding hydrogens is 376 g/mol. The number of esters is 3. The Bertz CT molecular complexity index is 681. The van der Waals surface area contributed by atoms with Gasteiger partial charge in [-0.25, -0.2) is 4.79 Å². The van der Waals surface area contributed by atoms with E-state index in [1.165, 1.54) is 14.0 Å². The number of hydrogen-bond donors (Lipinski definition) is 0. The molecule has 0 bridgehead atoms. The van der Waals surface area contributed by atoms with Crippen LogP contribution < -0.4 is 0 Å². The van der Waals surface area contributed by atoms with Crippen molar-refractivity contribution >= 4 is 17.9 Å². The lowest BCUT2D eigenvalue weighted by atomic mass is 9.83. The van der Waals surface area contributed by atoms with Crippen LogP contribution in [0.25, 0.3) is 0 Å². The highest BCUT2D eigenvalue weighted by Crippen LogP contribution is 2.48. The Kier molecular flexibility index (Phi) is 8.02. The third-order valence-electron chi connectivity index (χ3n) is 5.58. The first-order valence-corrected chi connectivity index (χ1v) is 10.2. The molecule has 0 aromatic carbocycles. The Balaban J connectivity index is 2.30. The Labute approximate surface area is 172 Å². The second-order valence-electron chi connectivity index (χ2n) is 7.84. The summed E-state index contributed by atoms with van der Waals surface area (Å²) >= 11 is 0. The maximum absolute atomic E-state index is 12.1. The molecule has 1 aliphatic carbocycles. The van der Waals surface area contributed by atoms with Gasteiger partial charge in [-0.1, -0.05) is 25.2 Å². The average molecular weight is 408 g/mol. The maximum atomic E-state index is 12.1. The van der Waals surface area contributed by atoms with Gasteiger partial charge in [0.2, 0.25) is 0 Å². The number of hydrogen-bond acceptors (Lipinski definition) is 7. The van der Waals surface area contributed by atoms with Crippen LogP contribution in [0.15, 0.2) is 23.8 Å². The lowest BCUT2D eigenvalue weighted by Crippen LogP contribution is -2.42. The number of methoxy groups -OCH3 is 1. The molecule has 1 saturated heterocycles. The van der Waals surface area contributed by atoms with Crippen molar-refractivity contribution in [3.05, 3.63) is 23.8 Å². The van der Waals surface area contributed by atoms with E-state index >= 15 is 0 Å². The highest BCUT2D eigenvalue weighted by molar-refractivity contribution is 5.88. The minimum atomic E-state index is -0.888. The second kappa shape index (κ2) is 10.1. The molecule has 7 nitrogen and oxygen atoms in total. The van der Waals surface area contributed by atoms with Gasteiger partial charge in [-0.05, 0) is 44.9 Å². The standard InChI is InChI=1S/C22H32O7/c1-6-7-20(24)27-13-22-18(29-22)11-10-16(21(25)26-5)8-9-17(14(2)3)12-19(22)28-15(4)23/h8,17-19H,2,6-7,9-13H2,1,3-5H3/b16-8-/t17-,18+,19-,22-/m0/s1. The maximum Gasteiger partial charge on any atom is 0.333 e. The summed E-state index contributed by atoms with van der Waals surface area (Å²) in [6, 6.07) is 0. The smallest absolute Gasteiger partial charge is 0.333 e. The van der Waals surface area contributed by atoms with E-state index in [2.05, 4.69) is 6.58 Å². The van der Waals surface area contributed by atoms with Gasteiger partial charge < -0.3 is 18.9 Å². The average Bonchev–Trinajstić information content (AvgIpc) is 3.38. The van der Waals surface area contributed by atoms with Crippen LogP contribution in [0.1, 0.15) is 59.3 Å². The summed E-state index contributed by atoms with van der Waals surface area (Å²) in [5.74, 6) is -1.10. The zero-order valence-electron chi connectivity index (χ0n) is 17.8. The van der Waals surface area contributed by atoms with Crippen LogP contribution >= 0.6 is 0 Å². The lowest BCUT2D eigenvalue weighted by molar-refractivity contribution is -0.156. The van der Waals surface area contributed by atoms with Gasteiger partial charge in [0.25, 0.3) is 0 Å². The van der Waals surface area contributed by atoms with Gasteiger partial charge in [-0.3, -0.25) is 9.59 Å². The van der Waals surface area contributed by atoms with Gasteiger partial charge in [0.15, 0.2) is 5.60 Å². The molecule has 2 rings (SSSR count). The van der Waals surface area contributed by atoms with E-state index in [1.54, 1.807) is 0 Å². The van der Waals surface area contributed by atoms with Crippen LogP contribution in [0.4, 0.5) is 0 Å². The molecule has 2 aliphatic rings. The molecule has 1 aliphatic heterocycles. The van der Waals surface area contributed by atoms with E-state index in [0.717, 1.165) is 5.57 Å². The third-order valence-corrected chi connectivity index (χ3v) is 5.58. The Morgan fingerprint density at radius 2 is 2.03 bits per heavy atom. The Morgan fingerprint density at radius 1 is 1.31 bits per heavy atom. The van der Waals surface area contributed by atoms with Crippen molar-refractivity contribution in [3.63, 3.8) is 0 Å². The number of carbonyl (C=O) groups excluding carboxylic acids is 3. The van der Waals surface area contributed by atoms with Gasteiger partial charge in [-0.2, -0.15) is 0 Å². The fraction of sp³-hybridized carbons (Fsp3) is 0.682. The van der Waals surface area contributed by atoms with E-state index in [1.807, 2.05) is 19.9 Å². The monoisotopic (exact) mass is 408 g/mol. The molecule has 1 fully saturated rings. The molecule has 0 amide bonds. The fourth-order valence-electron chi connectivity index (χ4n) is 3.80. The molecule has 0 radical (unpaired) electrons. The zero-order valence-corrected chi connectivity index (χ0v) is 17.8. The SMILES string of the molecule is C=C(C)[C@H]1C/C=C(\C(=O)OC)CC[C@H]2O[C@]2(COC(=O)CCC)[C@@H](OC(C)=O)C1. The summed E-state index contributed by atoms with van der Waals surface area (Å²) in [4.78, 5) is 35.8. The van der Waals surface area contributed by atoms with Gasteiger partial charge >= 0.3 is 17.9 Å². The largest absolute Gasteiger partial charge is 0.466 e. The highest BCUT2D eigenvalue weighted by Gasteiger charge is 2.64. The minimum Gasteiger partial charge on any atom is -0.466 e. The number of rotatable bonds is 7. The second-order valence-corrected chi connectivity index (χ2v) is 7.84. The predicted octanol–water partition coefficient (Wildman–Crippen LogP) is 3.26. The molecule has 7 heteroatoms. The Morgan fingerprint density at radius 3 is 2.62 bits per heavy atom. The van der Waals surface area contributed by atoms with E-state index < -0.39 is 17.7 Å². The first-order chi connectivity index (χ1) is 13.7. The predicted molar refractivity (Wildman–Crippen MR) is 106 cm³/mol.